The lowest BCUT2D eigenvalue weighted by Crippen LogP contribution is -2.36. The molecule has 1 rings (SSSR count). The Hall–Kier alpha value is -1.31. The van der Waals surface area contributed by atoms with Crippen molar-refractivity contribution < 1.29 is 22.1 Å². The average Bonchev–Trinajstić information content (AvgIpc) is 2.39. The van der Waals surface area contributed by atoms with Crippen molar-refractivity contribution in [3.8, 4) is 5.75 Å². The molecule has 0 heterocycles. The maximum absolute atomic E-state index is 12.2. The zero-order valence-corrected chi connectivity index (χ0v) is 15.3. The van der Waals surface area contributed by atoms with Crippen LogP contribution in [0.1, 0.15) is 19.4 Å². The summed E-state index contributed by atoms with van der Waals surface area (Å²) in [5.41, 5.74) is 0.521. The molecule has 0 unspecified atom stereocenters. The van der Waals surface area contributed by atoms with Crippen LogP contribution in [0.4, 0.5) is 0 Å². The summed E-state index contributed by atoms with van der Waals surface area (Å²) in [4.78, 5) is 13.8. The van der Waals surface area contributed by atoms with E-state index in [1.165, 1.54) is 19.2 Å². The van der Waals surface area contributed by atoms with Crippen molar-refractivity contribution in [3.63, 3.8) is 0 Å². The van der Waals surface area contributed by atoms with E-state index < -0.39 is 10.1 Å². The highest BCUT2D eigenvalue weighted by molar-refractivity contribution is 7.86. The number of benzene rings is 1. The van der Waals surface area contributed by atoms with Gasteiger partial charge in [0.25, 0.3) is 0 Å². The normalized spacial score (nSPS) is 11.6. The predicted molar refractivity (Wildman–Crippen MR) is 89.1 cm³/mol. The van der Waals surface area contributed by atoms with Crippen LogP contribution in [0.15, 0.2) is 18.2 Å². The van der Waals surface area contributed by atoms with Gasteiger partial charge in [0.1, 0.15) is 12.4 Å². The number of methoxy groups -OCH3 is 1. The summed E-state index contributed by atoms with van der Waals surface area (Å²) in [6.07, 6.45) is 0.966. The average molecular weight is 364 g/mol. The summed E-state index contributed by atoms with van der Waals surface area (Å²) in [6, 6.07) is 4.61. The fraction of sp³-hybridized carbons (Fsp3) is 0.533. The molecule has 130 valence electrons. The van der Waals surface area contributed by atoms with Crippen molar-refractivity contribution in [3.05, 3.63) is 28.8 Å². The highest BCUT2D eigenvalue weighted by Crippen LogP contribution is 2.26. The molecule has 8 heteroatoms. The first-order valence-electron chi connectivity index (χ1n) is 7.07. The second kappa shape index (κ2) is 8.52. The molecule has 0 radical (unpaired) electrons. The minimum absolute atomic E-state index is 0.0461. The molecular weight excluding hydrogens is 342 g/mol. The largest absolute Gasteiger partial charge is 0.382 e. The van der Waals surface area contributed by atoms with Gasteiger partial charge in [-0.25, -0.2) is 0 Å². The Morgan fingerprint density at radius 3 is 2.52 bits per heavy atom. The maximum atomic E-state index is 12.2. The van der Waals surface area contributed by atoms with E-state index in [0.717, 1.165) is 6.26 Å². The number of carbonyl (C=O) groups is 1. The first-order chi connectivity index (χ1) is 10.6. The molecule has 0 aliphatic rings. The van der Waals surface area contributed by atoms with E-state index >= 15 is 0 Å². The lowest BCUT2D eigenvalue weighted by Gasteiger charge is -2.25. The van der Waals surface area contributed by atoms with Crippen LogP contribution < -0.4 is 4.18 Å². The zero-order chi connectivity index (χ0) is 17.6. The van der Waals surface area contributed by atoms with Crippen LogP contribution in [0.25, 0.3) is 0 Å². The van der Waals surface area contributed by atoms with Gasteiger partial charge < -0.3 is 13.8 Å². The van der Waals surface area contributed by atoms with Crippen LogP contribution >= 0.6 is 11.6 Å². The van der Waals surface area contributed by atoms with Gasteiger partial charge in [-0.2, -0.15) is 8.42 Å². The van der Waals surface area contributed by atoms with E-state index in [0.29, 0.717) is 17.1 Å². The van der Waals surface area contributed by atoms with E-state index in [4.69, 9.17) is 20.5 Å². The monoisotopic (exact) mass is 363 g/mol. The van der Waals surface area contributed by atoms with E-state index in [1.54, 1.807) is 11.0 Å². The SMILES string of the molecule is COCC(=O)N(Cc1cc(Cl)ccc1OS(C)(=O)=O)CC(C)C. The molecule has 6 nitrogen and oxygen atoms in total. The number of amides is 1. The fourth-order valence-electron chi connectivity index (χ4n) is 2.03. The molecule has 0 atom stereocenters. The highest BCUT2D eigenvalue weighted by atomic mass is 35.5. The fourth-order valence-corrected chi connectivity index (χ4v) is 2.72. The van der Waals surface area contributed by atoms with Gasteiger partial charge in [-0.3, -0.25) is 4.79 Å². The second-order valence-electron chi connectivity index (χ2n) is 5.64. The summed E-state index contributed by atoms with van der Waals surface area (Å²) in [5.74, 6) is 0.219. The minimum Gasteiger partial charge on any atom is -0.382 e. The molecule has 1 amide bonds. The van der Waals surface area contributed by atoms with Crippen molar-refractivity contribution in [1.82, 2.24) is 4.90 Å². The summed E-state index contributed by atoms with van der Waals surface area (Å²) < 4.78 is 32.6. The molecule has 0 aliphatic heterocycles. The maximum Gasteiger partial charge on any atom is 0.306 e. The van der Waals surface area contributed by atoms with Gasteiger partial charge >= 0.3 is 10.1 Å². The van der Waals surface area contributed by atoms with Gasteiger partial charge in [0.2, 0.25) is 5.91 Å². The molecule has 1 aromatic rings. The molecule has 1 aromatic carbocycles. The van der Waals surface area contributed by atoms with E-state index in [-0.39, 0.29) is 30.7 Å². The summed E-state index contributed by atoms with van der Waals surface area (Å²) >= 11 is 5.98. The molecule has 0 aromatic heterocycles. The third kappa shape index (κ3) is 7.20. The summed E-state index contributed by atoms with van der Waals surface area (Å²) in [6.45, 7) is 4.62. The van der Waals surface area contributed by atoms with Gasteiger partial charge in [-0.05, 0) is 24.1 Å². The Morgan fingerprint density at radius 2 is 2.00 bits per heavy atom. The highest BCUT2D eigenvalue weighted by Gasteiger charge is 2.19. The van der Waals surface area contributed by atoms with Crippen LogP contribution in [0.3, 0.4) is 0 Å². The van der Waals surface area contributed by atoms with Crippen molar-refractivity contribution >= 4 is 27.6 Å². The van der Waals surface area contributed by atoms with Crippen LogP contribution in [0.5, 0.6) is 5.75 Å². The van der Waals surface area contributed by atoms with Crippen LogP contribution in [0, 0.1) is 5.92 Å². The number of ether oxygens (including phenoxy) is 1. The van der Waals surface area contributed by atoms with E-state index in [2.05, 4.69) is 0 Å². The third-order valence-corrected chi connectivity index (χ3v) is 3.55. The number of rotatable bonds is 8. The zero-order valence-electron chi connectivity index (χ0n) is 13.7. The molecule has 0 spiro atoms. The summed E-state index contributed by atoms with van der Waals surface area (Å²) in [5, 5.41) is 0.435. The van der Waals surface area contributed by atoms with Crippen molar-refractivity contribution in [1.29, 1.82) is 0 Å². The van der Waals surface area contributed by atoms with Gasteiger partial charge in [0, 0.05) is 30.8 Å². The molecule has 0 saturated carbocycles. The van der Waals surface area contributed by atoms with Gasteiger partial charge in [-0.1, -0.05) is 25.4 Å². The number of hydrogen-bond donors (Lipinski definition) is 0. The quantitative estimate of drug-likeness (QED) is 0.663. The van der Waals surface area contributed by atoms with Crippen LogP contribution in [0.2, 0.25) is 5.02 Å². The molecule has 0 saturated heterocycles. The van der Waals surface area contributed by atoms with Crippen LogP contribution in [-0.4, -0.2) is 45.7 Å². The van der Waals surface area contributed by atoms with Gasteiger partial charge in [-0.15, -0.1) is 0 Å². The van der Waals surface area contributed by atoms with Crippen molar-refractivity contribution in [2.75, 3.05) is 26.5 Å². The first kappa shape index (κ1) is 19.7. The molecule has 0 bridgehead atoms. The molecule has 0 aliphatic carbocycles. The Bertz CT molecular complexity index is 645. The smallest absolute Gasteiger partial charge is 0.306 e. The molecular formula is C15H22ClNO5S. The summed E-state index contributed by atoms with van der Waals surface area (Å²) in [7, 11) is -2.23. The second-order valence-corrected chi connectivity index (χ2v) is 7.65. The predicted octanol–water partition coefficient (Wildman–Crippen LogP) is 2.31. The van der Waals surface area contributed by atoms with E-state index in [1.807, 2.05) is 13.8 Å². The van der Waals surface area contributed by atoms with Crippen molar-refractivity contribution in [2.24, 2.45) is 5.92 Å². The van der Waals surface area contributed by atoms with Gasteiger partial charge in [0.15, 0.2) is 0 Å². The Labute approximate surface area is 142 Å². The Balaban J connectivity index is 3.10. The standard InChI is InChI=1S/C15H22ClNO5S/c1-11(2)8-17(15(18)10-21-3)9-12-7-13(16)5-6-14(12)22-23(4,19)20/h5-7,11H,8-10H2,1-4H3. The van der Waals surface area contributed by atoms with E-state index in [9.17, 15) is 13.2 Å². The number of carbonyl (C=O) groups excluding carboxylic acids is 1. The Kier molecular flexibility index (Phi) is 7.31. The third-order valence-electron chi connectivity index (χ3n) is 2.83. The minimum atomic E-state index is -3.67. The number of hydrogen-bond acceptors (Lipinski definition) is 5. The lowest BCUT2D eigenvalue weighted by atomic mass is 10.1. The molecule has 0 fully saturated rings. The van der Waals surface area contributed by atoms with Crippen molar-refractivity contribution in [2.45, 2.75) is 20.4 Å². The van der Waals surface area contributed by atoms with Gasteiger partial charge in [0.05, 0.1) is 6.26 Å². The molecule has 0 N–H and O–H groups in total. The molecule has 23 heavy (non-hydrogen) atoms. The topological polar surface area (TPSA) is 72.9 Å². The first-order valence-corrected chi connectivity index (χ1v) is 9.26. The Morgan fingerprint density at radius 1 is 1.35 bits per heavy atom. The number of halogens is 1. The lowest BCUT2D eigenvalue weighted by molar-refractivity contribution is -0.136. The van der Waals surface area contributed by atoms with Crippen LogP contribution in [-0.2, 0) is 26.2 Å². The number of nitrogens with zero attached hydrogens (tertiary/aromatic N) is 1.